The SMILES string of the molecule is O=C(CN1CCCC[C@H]1Cc1ccccc1)NC(=O)NCc1ccco1. The molecule has 1 fully saturated rings. The maximum absolute atomic E-state index is 12.2. The Labute approximate surface area is 153 Å². The average molecular weight is 355 g/mol. The van der Waals surface area contributed by atoms with Gasteiger partial charge >= 0.3 is 6.03 Å². The maximum atomic E-state index is 12.2. The van der Waals surface area contributed by atoms with Crippen molar-refractivity contribution in [3.8, 4) is 0 Å². The van der Waals surface area contributed by atoms with Crippen LogP contribution in [-0.4, -0.2) is 36.0 Å². The first-order chi connectivity index (χ1) is 12.7. The molecule has 1 aliphatic rings. The number of hydrogen-bond acceptors (Lipinski definition) is 4. The van der Waals surface area contributed by atoms with Crippen LogP contribution in [0.15, 0.2) is 53.1 Å². The summed E-state index contributed by atoms with van der Waals surface area (Å²) in [5.74, 6) is 0.369. The molecule has 1 aromatic carbocycles. The lowest BCUT2D eigenvalue weighted by atomic mass is 9.95. The Hall–Kier alpha value is -2.60. The molecule has 2 N–H and O–H groups in total. The van der Waals surface area contributed by atoms with E-state index in [0.717, 1.165) is 25.8 Å². The quantitative estimate of drug-likeness (QED) is 0.835. The van der Waals surface area contributed by atoms with Crippen molar-refractivity contribution in [1.29, 1.82) is 0 Å². The van der Waals surface area contributed by atoms with Crippen LogP contribution in [0.1, 0.15) is 30.6 Å². The zero-order chi connectivity index (χ0) is 18.2. The van der Waals surface area contributed by atoms with E-state index >= 15 is 0 Å². The Kier molecular flexibility index (Phi) is 6.44. The number of imide groups is 1. The number of nitrogens with zero attached hydrogens (tertiary/aromatic N) is 1. The van der Waals surface area contributed by atoms with Crippen LogP contribution >= 0.6 is 0 Å². The maximum Gasteiger partial charge on any atom is 0.321 e. The standard InChI is InChI=1S/C20H25N3O3/c24-19(22-20(25)21-14-18-10-6-12-26-18)15-23-11-5-4-9-17(23)13-16-7-2-1-3-8-16/h1-3,6-8,10,12,17H,4-5,9,11,13-15H2,(H2,21,22,24,25)/t17-/m0/s1. The fourth-order valence-corrected chi connectivity index (χ4v) is 3.36. The first-order valence-corrected chi connectivity index (χ1v) is 9.09. The topological polar surface area (TPSA) is 74.6 Å². The first kappa shape index (κ1) is 18.2. The van der Waals surface area contributed by atoms with Gasteiger partial charge in [0.05, 0.1) is 19.4 Å². The second kappa shape index (κ2) is 9.20. The molecule has 2 aromatic rings. The predicted molar refractivity (Wildman–Crippen MR) is 98.4 cm³/mol. The summed E-state index contributed by atoms with van der Waals surface area (Å²) in [5, 5.41) is 5.02. The molecule has 0 spiro atoms. The first-order valence-electron chi connectivity index (χ1n) is 9.09. The van der Waals surface area contributed by atoms with Crippen LogP contribution in [0.25, 0.3) is 0 Å². The minimum atomic E-state index is -0.497. The number of carbonyl (C=O) groups excluding carboxylic acids is 2. The van der Waals surface area contributed by atoms with Gasteiger partial charge in [0.25, 0.3) is 0 Å². The molecular formula is C20H25N3O3. The van der Waals surface area contributed by atoms with Crippen LogP contribution < -0.4 is 10.6 Å². The van der Waals surface area contributed by atoms with Gasteiger partial charge in [0.2, 0.25) is 5.91 Å². The number of urea groups is 1. The number of likely N-dealkylation sites (tertiary alicyclic amines) is 1. The van der Waals surface area contributed by atoms with E-state index in [1.54, 1.807) is 18.4 Å². The van der Waals surface area contributed by atoms with Crippen LogP contribution in [0, 0.1) is 0 Å². The summed E-state index contributed by atoms with van der Waals surface area (Å²) in [6.07, 6.45) is 5.82. The molecule has 1 atom stereocenters. The second-order valence-electron chi connectivity index (χ2n) is 6.62. The summed E-state index contributed by atoms with van der Waals surface area (Å²) < 4.78 is 5.15. The summed E-state index contributed by atoms with van der Waals surface area (Å²) in [4.78, 5) is 26.3. The van der Waals surface area contributed by atoms with Gasteiger partial charge in [-0.3, -0.25) is 15.0 Å². The smallest absolute Gasteiger partial charge is 0.321 e. The van der Waals surface area contributed by atoms with Crippen LogP contribution in [0.2, 0.25) is 0 Å². The highest BCUT2D eigenvalue weighted by atomic mass is 16.3. The molecule has 0 bridgehead atoms. The molecular weight excluding hydrogens is 330 g/mol. The van der Waals surface area contributed by atoms with E-state index in [1.165, 1.54) is 12.0 Å². The van der Waals surface area contributed by atoms with Crippen molar-refractivity contribution in [3.05, 3.63) is 60.1 Å². The van der Waals surface area contributed by atoms with Crippen molar-refractivity contribution in [2.45, 2.75) is 38.3 Å². The number of benzene rings is 1. The van der Waals surface area contributed by atoms with Gasteiger partial charge in [-0.25, -0.2) is 4.79 Å². The molecule has 6 heteroatoms. The number of rotatable bonds is 6. The molecule has 3 rings (SSSR count). The zero-order valence-corrected chi connectivity index (χ0v) is 14.8. The normalized spacial score (nSPS) is 17.6. The number of piperidine rings is 1. The van der Waals surface area contributed by atoms with E-state index in [0.29, 0.717) is 11.8 Å². The molecule has 6 nitrogen and oxygen atoms in total. The Morgan fingerprint density at radius 3 is 2.73 bits per heavy atom. The molecule has 0 unspecified atom stereocenters. The summed E-state index contributed by atoms with van der Waals surface area (Å²) in [5.41, 5.74) is 1.28. The molecule has 0 saturated carbocycles. The minimum Gasteiger partial charge on any atom is -0.467 e. The molecule has 1 saturated heterocycles. The lowest BCUT2D eigenvalue weighted by molar-refractivity contribution is -0.122. The molecule has 26 heavy (non-hydrogen) atoms. The van der Waals surface area contributed by atoms with Gasteiger partial charge in [-0.2, -0.15) is 0 Å². The molecule has 1 aromatic heterocycles. The molecule has 3 amide bonds. The van der Waals surface area contributed by atoms with E-state index in [2.05, 4.69) is 27.7 Å². The van der Waals surface area contributed by atoms with Gasteiger partial charge in [0.15, 0.2) is 0 Å². The Balaban J connectivity index is 1.47. The zero-order valence-electron chi connectivity index (χ0n) is 14.8. The number of furan rings is 1. The van der Waals surface area contributed by atoms with Crippen LogP contribution in [0.5, 0.6) is 0 Å². The van der Waals surface area contributed by atoms with Crippen LogP contribution in [-0.2, 0) is 17.8 Å². The molecule has 0 aliphatic carbocycles. The highest BCUT2D eigenvalue weighted by molar-refractivity contribution is 5.95. The molecule has 1 aliphatic heterocycles. The number of hydrogen-bond donors (Lipinski definition) is 2. The number of nitrogens with one attached hydrogen (secondary N) is 2. The molecule has 138 valence electrons. The summed E-state index contributed by atoms with van der Waals surface area (Å²) >= 11 is 0. The molecule has 0 radical (unpaired) electrons. The van der Waals surface area contributed by atoms with Crippen molar-refractivity contribution in [2.75, 3.05) is 13.1 Å². The van der Waals surface area contributed by atoms with E-state index in [4.69, 9.17) is 4.42 Å². The van der Waals surface area contributed by atoms with Crippen molar-refractivity contribution in [1.82, 2.24) is 15.5 Å². The Bertz CT molecular complexity index is 700. The second-order valence-corrected chi connectivity index (χ2v) is 6.62. The third-order valence-corrected chi connectivity index (χ3v) is 4.67. The fourth-order valence-electron chi connectivity index (χ4n) is 3.36. The van der Waals surface area contributed by atoms with Crippen molar-refractivity contribution >= 4 is 11.9 Å². The summed E-state index contributed by atoms with van der Waals surface area (Å²) in [6.45, 7) is 1.39. The minimum absolute atomic E-state index is 0.242. The monoisotopic (exact) mass is 355 g/mol. The summed E-state index contributed by atoms with van der Waals surface area (Å²) in [6, 6.07) is 13.7. The van der Waals surface area contributed by atoms with Gasteiger partial charge < -0.3 is 9.73 Å². The number of carbonyl (C=O) groups is 2. The van der Waals surface area contributed by atoms with Crippen LogP contribution in [0.4, 0.5) is 4.79 Å². The predicted octanol–water partition coefficient (Wildman–Crippen LogP) is 2.70. The highest BCUT2D eigenvalue weighted by Crippen LogP contribution is 2.20. The number of amides is 3. The summed E-state index contributed by atoms with van der Waals surface area (Å²) in [7, 11) is 0. The van der Waals surface area contributed by atoms with Gasteiger partial charge in [-0.15, -0.1) is 0 Å². The Morgan fingerprint density at radius 2 is 1.96 bits per heavy atom. The fraction of sp³-hybridized carbons (Fsp3) is 0.400. The van der Waals surface area contributed by atoms with E-state index < -0.39 is 6.03 Å². The van der Waals surface area contributed by atoms with E-state index in [9.17, 15) is 9.59 Å². The van der Waals surface area contributed by atoms with E-state index in [-0.39, 0.29) is 19.0 Å². The Morgan fingerprint density at radius 1 is 1.12 bits per heavy atom. The van der Waals surface area contributed by atoms with Crippen molar-refractivity contribution < 1.29 is 14.0 Å². The largest absolute Gasteiger partial charge is 0.467 e. The van der Waals surface area contributed by atoms with Gasteiger partial charge in [-0.05, 0) is 43.5 Å². The van der Waals surface area contributed by atoms with Crippen molar-refractivity contribution in [3.63, 3.8) is 0 Å². The van der Waals surface area contributed by atoms with Crippen molar-refractivity contribution in [2.24, 2.45) is 0 Å². The highest BCUT2D eigenvalue weighted by Gasteiger charge is 2.25. The molecule has 2 heterocycles. The van der Waals surface area contributed by atoms with Crippen LogP contribution in [0.3, 0.4) is 0 Å². The van der Waals surface area contributed by atoms with Gasteiger partial charge in [-0.1, -0.05) is 36.8 Å². The van der Waals surface area contributed by atoms with E-state index in [1.807, 2.05) is 18.2 Å². The van der Waals surface area contributed by atoms with Gasteiger partial charge in [0.1, 0.15) is 5.76 Å². The lowest BCUT2D eigenvalue weighted by Crippen LogP contribution is -2.49. The third-order valence-electron chi connectivity index (χ3n) is 4.67. The lowest BCUT2D eigenvalue weighted by Gasteiger charge is -2.35. The average Bonchev–Trinajstić information content (AvgIpc) is 3.16. The van der Waals surface area contributed by atoms with Gasteiger partial charge in [0, 0.05) is 6.04 Å². The third kappa shape index (κ3) is 5.46.